The summed E-state index contributed by atoms with van der Waals surface area (Å²) in [7, 11) is -6.42. The quantitative estimate of drug-likeness (QED) is 0.752. The molecule has 0 saturated heterocycles. The summed E-state index contributed by atoms with van der Waals surface area (Å²) in [6, 6.07) is 1.58. The smallest absolute Gasteiger partial charge is 0.460 e. The molecular formula is C9H5F8NO5S. The molecule has 1 heterocycles. The number of alkyl halides is 8. The van der Waals surface area contributed by atoms with Crippen molar-refractivity contribution in [3.8, 4) is 0 Å². The van der Waals surface area contributed by atoms with Crippen molar-refractivity contribution in [3.63, 3.8) is 0 Å². The van der Waals surface area contributed by atoms with Gasteiger partial charge in [0.1, 0.15) is 0 Å². The maximum atomic E-state index is 13.5. The molecule has 138 valence electrons. The molecule has 0 aromatic carbocycles. The van der Waals surface area contributed by atoms with Crippen LogP contribution in [-0.4, -0.2) is 46.9 Å². The van der Waals surface area contributed by atoms with Crippen LogP contribution in [0.3, 0.4) is 0 Å². The monoisotopic (exact) mass is 391 g/mol. The van der Waals surface area contributed by atoms with E-state index in [1.807, 2.05) is 0 Å². The molecule has 1 unspecified atom stereocenters. The fourth-order valence-electron chi connectivity index (χ4n) is 1.22. The Bertz CT molecular complexity index is 713. The topological polar surface area (TPSA) is 85.6 Å². The Balaban J connectivity index is 3.40. The number of carboxylic acids is 1. The second-order valence-corrected chi connectivity index (χ2v) is 5.94. The van der Waals surface area contributed by atoms with Crippen molar-refractivity contribution >= 4 is 16.0 Å². The summed E-state index contributed by atoms with van der Waals surface area (Å²) < 4.78 is 128. The van der Waals surface area contributed by atoms with Gasteiger partial charge in [0.15, 0.2) is 0 Å². The van der Waals surface area contributed by atoms with Crippen molar-refractivity contribution in [2.24, 2.45) is 0 Å². The summed E-state index contributed by atoms with van der Waals surface area (Å²) in [5, 5.41) is 1.58. The van der Waals surface area contributed by atoms with E-state index in [1.165, 1.54) is 0 Å². The van der Waals surface area contributed by atoms with Crippen LogP contribution in [-0.2, 0) is 19.6 Å². The van der Waals surface area contributed by atoms with Crippen molar-refractivity contribution in [2.75, 3.05) is 0 Å². The lowest BCUT2D eigenvalue weighted by Crippen LogP contribution is -2.60. The molecular weight excluding hydrogens is 386 g/mol. The van der Waals surface area contributed by atoms with Crippen LogP contribution >= 0.6 is 0 Å². The van der Waals surface area contributed by atoms with Gasteiger partial charge >= 0.3 is 39.4 Å². The van der Waals surface area contributed by atoms with E-state index >= 15 is 0 Å². The first-order valence-electron chi connectivity index (χ1n) is 5.33. The Hall–Kier alpha value is -1.90. The number of hydrogen-bond donors (Lipinski definition) is 1. The van der Waals surface area contributed by atoms with Gasteiger partial charge in [0.2, 0.25) is 0 Å². The van der Waals surface area contributed by atoms with Gasteiger partial charge in [-0.05, 0) is 12.1 Å². The Morgan fingerprint density at radius 1 is 0.958 bits per heavy atom. The highest BCUT2D eigenvalue weighted by Crippen LogP contribution is 2.47. The molecule has 0 fully saturated rings. The van der Waals surface area contributed by atoms with Gasteiger partial charge in [-0.25, -0.2) is 8.77 Å². The standard InChI is InChI=1S/C9H5F8NO5S/c10-6(5(19)20,7(11,12)13)23-8(14,15)9(16,17)24(21,22)18-3-1-2-4-18/h1-4H,(H,19,20). The van der Waals surface area contributed by atoms with Crippen molar-refractivity contribution in [1.29, 1.82) is 0 Å². The zero-order chi connectivity index (χ0) is 19.2. The zero-order valence-corrected chi connectivity index (χ0v) is 11.6. The van der Waals surface area contributed by atoms with E-state index in [4.69, 9.17) is 5.11 Å². The first-order valence-corrected chi connectivity index (χ1v) is 6.77. The third kappa shape index (κ3) is 2.92. The van der Waals surface area contributed by atoms with Crippen LogP contribution in [0.5, 0.6) is 0 Å². The van der Waals surface area contributed by atoms with Crippen LogP contribution in [0.2, 0.25) is 0 Å². The lowest BCUT2D eigenvalue weighted by atomic mass is 10.3. The number of hydrogen-bond acceptors (Lipinski definition) is 4. The average Bonchev–Trinajstić information content (AvgIpc) is 2.90. The summed E-state index contributed by atoms with van der Waals surface area (Å²) >= 11 is 0. The molecule has 0 amide bonds. The molecule has 0 aliphatic rings. The molecule has 0 spiro atoms. The van der Waals surface area contributed by atoms with Gasteiger partial charge in [-0.15, -0.1) is 0 Å². The van der Waals surface area contributed by atoms with Crippen molar-refractivity contribution in [1.82, 2.24) is 3.97 Å². The van der Waals surface area contributed by atoms with E-state index in [9.17, 15) is 48.3 Å². The predicted octanol–water partition coefficient (Wildman–Crippen LogP) is 2.18. The summed E-state index contributed by atoms with van der Waals surface area (Å²) in [6.45, 7) is 0. The Kier molecular flexibility index (Phi) is 4.68. The predicted molar refractivity (Wildman–Crippen MR) is 57.3 cm³/mol. The first-order chi connectivity index (χ1) is 10.5. The van der Waals surface area contributed by atoms with Crippen molar-refractivity contribution < 1.29 is 58.2 Å². The zero-order valence-electron chi connectivity index (χ0n) is 10.8. The number of ether oxygens (including phenoxy) is 1. The molecule has 0 saturated carbocycles. The van der Waals surface area contributed by atoms with E-state index in [2.05, 4.69) is 4.74 Å². The molecule has 24 heavy (non-hydrogen) atoms. The lowest BCUT2D eigenvalue weighted by molar-refractivity contribution is -0.425. The van der Waals surface area contributed by atoms with Gasteiger partial charge < -0.3 is 5.11 Å². The van der Waals surface area contributed by atoms with Gasteiger partial charge in [0.25, 0.3) is 0 Å². The van der Waals surface area contributed by atoms with Crippen molar-refractivity contribution in [2.45, 2.75) is 23.4 Å². The summed E-state index contributed by atoms with van der Waals surface area (Å²) in [5.41, 5.74) is 0. The normalized spacial score (nSPS) is 16.7. The van der Waals surface area contributed by atoms with E-state index in [1.54, 1.807) is 0 Å². The number of nitrogens with zero attached hydrogens (tertiary/aromatic N) is 1. The van der Waals surface area contributed by atoms with E-state index in [-0.39, 0.29) is 0 Å². The van der Waals surface area contributed by atoms with Gasteiger partial charge in [0, 0.05) is 12.4 Å². The number of carbonyl (C=O) groups is 1. The first kappa shape index (κ1) is 20.1. The second kappa shape index (κ2) is 5.58. The highest BCUT2D eigenvalue weighted by Gasteiger charge is 2.76. The van der Waals surface area contributed by atoms with Crippen LogP contribution in [0.4, 0.5) is 35.1 Å². The maximum Gasteiger partial charge on any atom is 0.460 e. The minimum Gasteiger partial charge on any atom is -0.477 e. The van der Waals surface area contributed by atoms with Crippen LogP contribution in [0.25, 0.3) is 0 Å². The number of carboxylic acid groups (broad SMARTS) is 1. The SMILES string of the molecule is O=C(O)C(F)(OC(F)(F)C(F)(F)S(=O)(=O)n1cccc1)C(F)(F)F. The summed E-state index contributed by atoms with van der Waals surface area (Å²) in [5.74, 6) is -10.0. The molecule has 6 nitrogen and oxygen atoms in total. The van der Waals surface area contributed by atoms with E-state index < -0.39 is 43.4 Å². The van der Waals surface area contributed by atoms with Gasteiger partial charge in [-0.2, -0.15) is 43.5 Å². The molecule has 1 N–H and O–H groups in total. The van der Waals surface area contributed by atoms with Gasteiger partial charge in [-0.1, -0.05) is 0 Å². The van der Waals surface area contributed by atoms with Crippen molar-refractivity contribution in [3.05, 3.63) is 24.5 Å². The highest BCUT2D eigenvalue weighted by molar-refractivity contribution is 7.91. The molecule has 0 aliphatic heterocycles. The van der Waals surface area contributed by atoms with Gasteiger partial charge in [-0.3, -0.25) is 4.74 Å². The van der Waals surface area contributed by atoms with E-state index in [0.717, 1.165) is 12.1 Å². The third-order valence-corrected chi connectivity index (χ3v) is 4.11. The number of aromatic nitrogens is 1. The van der Waals surface area contributed by atoms with Crippen LogP contribution in [0, 0.1) is 0 Å². The molecule has 0 bridgehead atoms. The molecule has 1 aromatic rings. The van der Waals surface area contributed by atoms with Crippen LogP contribution in [0.15, 0.2) is 24.5 Å². The molecule has 1 aromatic heterocycles. The molecule has 1 rings (SSSR count). The minimum atomic E-state index is -6.71. The molecule has 1 atom stereocenters. The van der Waals surface area contributed by atoms with Crippen LogP contribution < -0.4 is 0 Å². The second-order valence-electron chi connectivity index (χ2n) is 4.05. The molecule has 0 radical (unpaired) electrons. The number of halogens is 8. The maximum absolute atomic E-state index is 13.5. The van der Waals surface area contributed by atoms with Gasteiger partial charge in [0.05, 0.1) is 0 Å². The third-order valence-electron chi connectivity index (χ3n) is 2.43. The average molecular weight is 391 g/mol. The highest BCUT2D eigenvalue weighted by atomic mass is 32.2. The van der Waals surface area contributed by atoms with Crippen LogP contribution in [0.1, 0.15) is 0 Å². The lowest BCUT2D eigenvalue weighted by Gasteiger charge is -2.31. The molecule has 15 heteroatoms. The fraction of sp³-hybridized carbons (Fsp3) is 0.444. The fourth-order valence-corrected chi connectivity index (χ4v) is 2.29. The number of rotatable bonds is 6. The Labute approximate surface area is 127 Å². The Morgan fingerprint density at radius 3 is 1.71 bits per heavy atom. The number of aliphatic carboxylic acids is 1. The molecule has 0 aliphatic carbocycles. The minimum absolute atomic E-state index is 0.322. The summed E-state index contributed by atoms with van der Waals surface area (Å²) in [4.78, 5) is 10.2. The largest absolute Gasteiger partial charge is 0.477 e. The summed E-state index contributed by atoms with van der Waals surface area (Å²) in [6.07, 6.45) is -12.8. The van der Waals surface area contributed by atoms with E-state index in [0.29, 0.717) is 12.4 Å². The Morgan fingerprint density at radius 2 is 1.38 bits per heavy atom.